The van der Waals surface area contributed by atoms with E-state index in [1.165, 1.54) is 18.7 Å². The number of alkyl halides is 3. The standard InChI is InChI=1S/C17H20F3NO4/c1-4-5-6-7-21-12-8-10(14(22)23)11(17(18,19)20)9-13(12)25-16(2,3)15(21)24/h8-9H,4-7H2,1-3H3,(H,22,23). The van der Waals surface area contributed by atoms with Crippen molar-refractivity contribution in [2.75, 3.05) is 11.4 Å². The monoisotopic (exact) mass is 359 g/mol. The summed E-state index contributed by atoms with van der Waals surface area (Å²) in [5.74, 6) is -2.26. The molecule has 0 fully saturated rings. The van der Waals surface area contributed by atoms with E-state index in [1.54, 1.807) is 0 Å². The lowest BCUT2D eigenvalue weighted by Crippen LogP contribution is -2.53. The number of halogens is 3. The maximum Gasteiger partial charge on any atom is 0.417 e. The number of ether oxygens (including phenoxy) is 1. The maximum absolute atomic E-state index is 13.2. The molecular formula is C17H20F3NO4. The highest BCUT2D eigenvalue weighted by molar-refractivity contribution is 6.04. The van der Waals surface area contributed by atoms with Gasteiger partial charge in [0.1, 0.15) is 5.75 Å². The van der Waals surface area contributed by atoms with Gasteiger partial charge in [0.2, 0.25) is 0 Å². The number of carbonyl (C=O) groups excluding carboxylic acids is 1. The number of carboxylic acid groups (broad SMARTS) is 1. The summed E-state index contributed by atoms with van der Waals surface area (Å²) in [5, 5.41) is 9.16. The number of carboxylic acids is 1. The van der Waals surface area contributed by atoms with E-state index >= 15 is 0 Å². The van der Waals surface area contributed by atoms with Crippen molar-refractivity contribution in [2.45, 2.75) is 51.8 Å². The zero-order chi connectivity index (χ0) is 19.0. The fraction of sp³-hybridized carbons (Fsp3) is 0.529. The molecule has 8 heteroatoms. The lowest BCUT2D eigenvalue weighted by molar-refractivity contribution is -0.138. The minimum Gasteiger partial charge on any atom is -0.478 e. The van der Waals surface area contributed by atoms with E-state index in [9.17, 15) is 22.8 Å². The summed E-state index contributed by atoms with van der Waals surface area (Å²) in [4.78, 5) is 25.2. The Hall–Kier alpha value is -2.25. The third kappa shape index (κ3) is 3.72. The van der Waals surface area contributed by atoms with Crippen molar-refractivity contribution < 1.29 is 32.6 Å². The summed E-state index contributed by atoms with van der Waals surface area (Å²) in [5.41, 5.74) is -3.46. The van der Waals surface area contributed by atoms with Crippen molar-refractivity contribution in [1.29, 1.82) is 0 Å². The Balaban J connectivity index is 2.60. The molecule has 0 aromatic heterocycles. The summed E-state index contributed by atoms with van der Waals surface area (Å²) >= 11 is 0. The number of hydrogen-bond donors (Lipinski definition) is 1. The number of fused-ring (bicyclic) bond motifs is 1. The highest BCUT2D eigenvalue weighted by Crippen LogP contribution is 2.43. The van der Waals surface area contributed by atoms with Gasteiger partial charge in [-0.2, -0.15) is 13.2 Å². The van der Waals surface area contributed by atoms with Crippen LogP contribution in [0.15, 0.2) is 12.1 Å². The number of hydrogen-bond acceptors (Lipinski definition) is 3. The van der Waals surface area contributed by atoms with Crippen LogP contribution in [0.2, 0.25) is 0 Å². The van der Waals surface area contributed by atoms with Gasteiger partial charge in [-0.1, -0.05) is 19.8 Å². The average Bonchev–Trinajstić information content (AvgIpc) is 2.48. The first-order valence-electron chi connectivity index (χ1n) is 7.98. The molecule has 0 aliphatic carbocycles. The molecule has 138 valence electrons. The van der Waals surface area contributed by atoms with E-state index in [-0.39, 0.29) is 18.0 Å². The lowest BCUT2D eigenvalue weighted by atomic mass is 9.99. The quantitative estimate of drug-likeness (QED) is 0.804. The third-order valence-corrected chi connectivity index (χ3v) is 4.04. The van der Waals surface area contributed by atoms with Crippen molar-refractivity contribution in [3.05, 3.63) is 23.3 Å². The Kier molecular flexibility index (Phi) is 5.02. The summed E-state index contributed by atoms with van der Waals surface area (Å²) in [6, 6.07) is 1.54. The summed E-state index contributed by atoms with van der Waals surface area (Å²) in [6.07, 6.45) is -2.44. The number of rotatable bonds is 5. The van der Waals surface area contributed by atoms with E-state index in [0.29, 0.717) is 12.5 Å². The number of unbranched alkanes of at least 4 members (excludes halogenated alkanes) is 2. The molecule has 2 rings (SSSR count). The molecule has 1 heterocycles. The fourth-order valence-corrected chi connectivity index (χ4v) is 2.77. The highest BCUT2D eigenvalue weighted by Gasteiger charge is 2.44. The van der Waals surface area contributed by atoms with Gasteiger partial charge in [-0.25, -0.2) is 4.79 Å². The maximum atomic E-state index is 13.2. The van der Waals surface area contributed by atoms with Crippen LogP contribution in [0.1, 0.15) is 56.0 Å². The molecule has 1 aliphatic rings. The van der Waals surface area contributed by atoms with E-state index in [4.69, 9.17) is 9.84 Å². The molecule has 0 saturated carbocycles. The fourth-order valence-electron chi connectivity index (χ4n) is 2.77. The molecule has 0 atom stereocenters. The van der Waals surface area contributed by atoms with Gasteiger partial charge in [0.15, 0.2) is 5.60 Å². The molecular weight excluding hydrogens is 339 g/mol. The van der Waals surface area contributed by atoms with Crippen LogP contribution in [0.4, 0.5) is 18.9 Å². The molecule has 1 aromatic carbocycles. The van der Waals surface area contributed by atoms with E-state index in [2.05, 4.69) is 0 Å². The van der Waals surface area contributed by atoms with E-state index in [1.807, 2.05) is 6.92 Å². The van der Waals surface area contributed by atoms with Gasteiger partial charge in [0.25, 0.3) is 5.91 Å². The zero-order valence-corrected chi connectivity index (χ0v) is 14.2. The lowest BCUT2D eigenvalue weighted by Gasteiger charge is -2.39. The smallest absolute Gasteiger partial charge is 0.417 e. The van der Waals surface area contributed by atoms with Crippen LogP contribution in [0.25, 0.3) is 0 Å². The van der Waals surface area contributed by atoms with Crippen LogP contribution in [0.3, 0.4) is 0 Å². The molecule has 1 aliphatic heterocycles. The number of anilines is 1. The molecule has 0 bridgehead atoms. The Morgan fingerprint density at radius 1 is 1.28 bits per heavy atom. The largest absolute Gasteiger partial charge is 0.478 e. The van der Waals surface area contributed by atoms with Gasteiger partial charge < -0.3 is 14.7 Å². The van der Waals surface area contributed by atoms with Crippen LogP contribution in [-0.2, 0) is 11.0 Å². The minimum atomic E-state index is -4.84. The molecule has 0 saturated heterocycles. The van der Waals surface area contributed by atoms with E-state index < -0.39 is 34.8 Å². The minimum absolute atomic E-state index is 0.0610. The van der Waals surface area contributed by atoms with Crippen LogP contribution in [0, 0.1) is 0 Å². The van der Waals surface area contributed by atoms with Crippen LogP contribution in [0.5, 0.6) is 5.75 Å². The molecule has 1 amide bonds. The van der Waals surface area contributed by atoms with E-state index in [0.717, 1.165) is 18.9 Å². The second kappa shape index (κ2) is 6.57. The molecule has 1 aromatic rings. The zero-order valence-electron chi connectivity index (χ0n) is 14.2. The van der Waals surface area contributed by atoms with Crippen LogP contribution >= 0.6 is 0 Å². The van der Waals surface area contributed by atoms with Crippen LogP contribution in [-0.4, -0.2) is 29.1 Å². The van der Waals surface area contributed by atoms with Crippen molar-refractivity contribution in [3.63, 3.8) is 0 Å². The van der Waals surface area contributed by atoms with Crippen molar-refractivity contribution in [2.24, 2.45) is 0 Å². The Bertz CT molecular complexity index is 698. The molecule has 25 heavy (non-hydrogen) atoms. The number of aromatic carboxylic acids is 1. The second-order valence-corrected chi connectivity index (χ2v) is 6.44. The molecule has 1 N–H and O–H groups in total. The predicted octanol–water partition coefficient (Wildman–Crippen LogP) is 4.10. The summed E-state index contributed by atoms with van der Waals surface area (Å²) in [6.45, 7) is 5.22. The Morgan fingerprint density at radius 3 is 2.44 bits per heavy atom. The van der Waals surface area contributed by atoms with Gasteiger partial charge in [-0.15, -0.1) is 0 Å². The van der Waals surface area contributed by atoms with Crippen molar-refractivity contribution >= 4 is 17.6 Å². The van der Waals surface area contributed by atoms with Gasteiger partial charge >= 0.3 is 12.1 Å². The number of benzene rings is 1. The average molecular weight is 359 g/mol. The Morgan fingerprint density at radius 2 is 1.92 bits per heavy atom. The van der Waals surface area contributed by atoms with Gasteiger partial charge in [-0.3, -0.25) is 4.79 Å². The first kappa shape index (κ1) is 19.1. The van der Waals surface area contributed by atoms with Gasteiger partial charge in [0, 0.05) is 6.54 Å². The topological polar surface area (TPSA) is 66.8 Å². The summed E-state index contributed by atoms with van der Waals surface area (Å²) < 4.78 is 45.0. The number of carbonyl (C=O) groups is 2. The molecule has 0 spiro atoms. The second-order valence-electron chi connectivity index (χ2n) is 6.44. The third-order valence-electron chi connectivity index (χ3n) is 4.04. The molecule has 0 unspecified atom stereocenters. The number of amides is 1. The summed E-state index contributed by atoms with van der Waals surface area (Å²) in [7, 11) is 0. The van der Waals surface area contributed by atoms with Gasteiger partial charge in [0.05, 0.1) is 16.8 Å². The molecule has 0 radical (unpaired) electrons. The normalized spacial score (nSPS) is 16.4. The van der Waals surface area contributed by atoms with Gasteiger partial charge in [-0.05, 0) is 32.4 Å². The predicted molar refractivity (Wildman–Crippen MR) is 85.0 cm³/mol. The Labute approximate surface area is 143 Å². The van der Waals surface area contributed by atoms with Crippen molar-refractivity contribution in [1.82, 2.24) is 0 Å². The van der Waals surface area contributed by atoms with Crippen molar-refractivity contribution in [3.8, 4) is 5.75 Å². The first-order valence-corrected chi connectivity index (χ1v) is 7.98. The molecule has 5 nitrogen and oxygen atoms in total. The SMILES string of the molecule is CCCCCN1C(=O)C(C)(C)Oc2cc(C(F)(F)F)c(C(=O)O)cc21. The first-order chi connectivity index (χ1) is 11.5. The highest BCUT2D eigenvalue weighted by atomic mass is 19.4. The number of nitrogens with zero attached hydrogens (tertiary/aromatic N) is 1. The van der Waals surface area contributed by atoms with Crippen LogP contribution < -0.4 is 9.64 Å².